The molecule has 0 aliphatic heterocycles. The summed E-state index contributed by atoms with van der Waals surface area (Å²) in [7, 11) is 0. The molecule has 33 heavy (non-hydrogen) atoms. The van der Waals surface area contributed by atoms with Crippen LogP contribution in [0.5, 0.6) is 0 Å². The summed E-state index contributed by atoms with van der Waals surface area (Å²) >= 11 is 0. The Hall–Kier alpha value is -3.68. The molecule has 1 aromatic heterocycles. The van der Waals surface area contributed by atoms with Crippen LogP contribution in [0.3, 0.4) is 0 Å². The fourth-order valence-electron chi connectivity index (χ4n) is 3.33. The minimum absolute atomic E-state index is 0.0844. The lowest BCUT2D eigenvalue weighted by Gasteiger charge is -2.28. The molecule has 0 fully saturated rings. The van der Waals surface area contributed by atoms with Gasteiger partial charge in [-0.05, 0) is 35.7 Å². The van der Waals surface area contributed by atoms with Crippen molar-refractivity contribution in [3.8, 4) is 0 Å². The van der Waals surface area contributed by atoms with Crippen molar-refractivity contribution in [2.24, 2.45) is 5.92 Å². The number of nitrogens with zero attached hydrogens (tertiary/aromatic N) is 2. The predicted molar refractivity (Wildman–Crippen MR) is 121 cm³/mol. The summed E-state index contributed by atoms with van der Waals surface area (Å²) in [6.07, 6.45) is 1.54. The summed E-state index contributed by atoms with van der Waals surface area (Å²) in [6, 6.07) is 15.6. The van der Waals surface area contributed by atoms with Gasteiger partial charge < -0.3 is 19.5 Å². The standard InChI is InChI=1S/C25H27F2N3O3/c1-18(2)14-30(25(32)28-20-10-11-22(26)23(27)13-20)17-24(31)29(16-21-9-6-12-33-21)15-19-7-4-3-5-8-19/h3-13,18H,14-17H2,1-2H3,(H,28,32). The van der Waals surface area contributed by atoms with Crippen molar-refractivity contribution in [3.05, 3.63) is 89.9 Å². The Morgan fingerprint density at radius 1 is 0.939 bits per heavy atom. The van der Waals surface area contributed by atoms with Crippen LogP contribution in [-0.4, -0.2) is 34.8 Å². The number of urea groups is 1. The van der Waals surface area contributed by atoms with E-state index in [0.29, 0.717) is 18.8 Å². The summed E-state index contributed by atoms with van der Waals surface area (Å²) in [5.41, 5.74) is 1.05. The number of rotatable bonds is 9. The van der Waals surface area contributed by atoms with Crippen LogP contribution >= 0.6 is 0 Å². The van der Waals surface area contributed by atoms with E-state index in [1.54, 1.807) is 23.3 Å². The molecule has 0 spiro atoms. The van der Waals surface area contributed by atoms with E-state index in [1.807, 2.05) is 44.2 Å². The van der Waals surface area contributed by atoms with Gasteiger partial charge in [0.2, 0.25) is 5.91 Å². The first-order chi connectivity index (χ1) is 15.8. The van der Waals surface area contributed by atoms with E-state index in [9.17, 15) is 18.4 Å². The number of nitrogens with one attached hydrogen (secondary N) is 1. The molecule has 3 aromatic rings. The molecule has 6 nitrogen and oxygen atoms in total. The Labute approximate surface area is 191 Å². The number of hydrogen-bond donors (Lipinski definition) is 1. The third kappa shape index (κ3) is 7.17. The lowest BCUT2D eigenvalue weighted by molar-refractivity contribution is -0.133. The summed E-state index contributed by atoms with van der Waals surface area (Å²) in [4.78, 5) is 29.1. The van der Waals surface area contributed by atoms with Crippen molar-refractivity contribution in [1.29, 1.82) is 0 Å². The molecule has 0 aliphatic rings. The third-order valence-electron chi connectivity index (χ3n) is 4.87. The van der Waals surface area contributed by atoms with Crippen LogP contribution in [0.1, 0.15) is 25.2 Å². The van der Waals surface area contributed by atoms with Gasteiger partial charge in [0.1, 0.15) is 12.3 Å². The zero-order valence-corrected chi connectivity index (χ0v) is 18.6. The van der Waals surface area contributed by atoms with Crippen molar-refractivity contribution in [2.45, 2.75) is 26.9 Å². The van der Waals surface area contributed by atoms with E-state index in [-0.39, 0.29) is 30.6 Å². The largest absolute Gasteiger partial charge is 0.467 e. The molecule has 1 N–H and O–H groups in total. The number of anilines is 1. The molecule has 0 atom stereocenters. The van der Waals surface area contributed by atoms with Crippen molar-refractivity contribution >= 4 is 17.6 Å². The normalized spacial score (nSPS) is 10.8. The number of carbonyl (C=O) groups excluding carboxylic acids is 2. The van der Waals surface area contributed by atoms with Crippen LogP contribution in [-0.2, 0) is 17.9 Å². The van der Waals surface area contributed by atoms with Crippen LogP contribution in [0.2, 0.25) is 0 Å². The lowest BCUT2D eigenvalue weighted by Crippen LogP contribution is -2.45. The molecular weight excluding hydrogens is 428 g/mol. The van der Waals surface area contributed by atoms with Crippen molar-refractivity contribution < 1.29 is 22.8 Å². The van der Waals surface area contributed by atoms with E-state index < -0.39 is 17.7 Å². The van der Waals surface area contributed by atoms with E-state index in [0.717, 1.165) is 17.7 Å². The monoisotopic (exact) mass is 455 g/mol. The minimum Gasteiger partial charge on any atom is -0.467 e. The minimum atomic E-state index is -1.06. The van der Waals surface area contributed by atoms with Crippen LogP contribution < -0.4 is 5.32 Å². The van der Waals surface area contributed by atoms with Gasteiger partial charge in [0.15, 0.2) is 11.6 Å². The van der Waals surface area contributed by atoms with Crippen LogP contribution in [0.15, 0.2) is 71.3 Å². The number of furan rings is 1. The molecule has 3 amide bonds. The molecule has 2 aromatic carbocycles. The molecule has 0 bridgehead atoms. The maximum atomic E-state index is 13.5. The Morgan fingerprint density at radius 2 is 1.70 bits per heavy atom. The molecule has 3 rings (SSSR count). The highest BCUT2D eigenvalue weighted by atomic mass is 19.2. The molecule has 0 unspecified atom stereocenters. The fraction of sp³-hybridized carbons (Fsp3) is 0.280. The quantitative estimate of drug-likeness (QED) is 0.478. The average Bonchev–Trinajstić information content (AvgIpc) is 3.29. The maximum absolute atomic E-state index is 13.5. The first-order valence-corrected chi connectivity index (χ1v) is 10.7. The molecule has 0 aliphatic carbocycles. The van der Waals surface area contributed by atoms with Gasteiger partial charge in [0.05, 0.1) is 12.8 Å². The van der Waals surface area contributed by atoms with Gasteiger partial charge in [-0.3, -0.25) is 4.79 Å². The highest BCUT2D eigenvalue weighted by Crippen LogP contribution is 2.16. The lowest BCUT2D eigenvalue weighted by atomic mass is 10.2. The second kappa shape index (κ2) is 11.3. The predicted octanol–water partition coefficient (Wildman–Crippen LogP) is 5.28. The van der Waals surface area contributed by atoms with Crippen LogP contribution in [0, 0.1) is 17.6 Å². The molecule has 1 heterocycles. The zero-order valence-electron chi connectivity index (χ0n) is 18.6. The maximum Gasteiger partial charge on any atom is 0.322 e. The van der Waals surface area contributed by atoms with Gasteiger partial charge >= 0.3 is 6.03 Å². The second-order valence-electron chi connectivity index (χ2n) is 8.15. The van der Waals surface area contributed by atoms with Gasteiger partial charge in [0, 0.05) is 24.8 Å². The van der Waals surface area contributed by atoms with Crippen LogP contribution in [0.25, 0.3) is 0 Å². The summed E-state index contributed by atoms with van der Waals surface area (Å²) in [5.74, 6) is -1.62. The third-order valence-corrected chi connectivity index (χ3v) is 4.87. The van der Waals surface area contributed by atoms with Crippen molar-refractivity contribution in [3.63, 3.8) is 0 Å². The summed E-state index contributed by atoms with van der Waals surface area (Å²) < 4.78 is 32.2. The van der Waals surface area contributed by atoms with Gasteiger partial charge in [-0.2, -0.15) is 0 Å². The molecule has 0 saturated carbocycles. The van der Waals surface area contributed by atoms with Crippen molar-refractivity contribution in [1.82, 2.24) is 9.80 Å². The summed E-state index contributed by atoms with van der Waals surface area (Å²) in [5, 5.41) is 2.55. The Morgan fingerprint density at radius 3 is 2.33 bits per heavy atom. The fourth-order valence-corrected chi connectivity index (χ4v) is 3.33. The number of amides is 3. The smallest absolute Gasteiger partial charge is 0.322 e. The van der Waals surface area contributed by atoms with Crippen LogP contribution in [0.4, 0.5) is 19.3 Å². The van der Waals surface area contributed by atoms with Gasteiger partial charge in [0.25, 0.3) is 0 Å². The summed E-state index contributed by atoms with van der Waals surface area (Å²) in [6.45, 7) is 4.57. The average molecular weight is 456 g/mol. The highest BCUT2D eigenvalue weighted by molar-refractivity contribution is 5.92. The van der Waals surface area contributed by atoms with Gasteiger partial charge in [-0.25, -0.2) is 13.6 Å². The first-order valence-electron chi connectivity index (χ1n) is 10.7. The Bertz CT molecular complexity index is 1060. The molecule has 0 radical (unpaired) electrons. The second-order valence-corrected chi connectivity index (χ2v) is 8.15. The highest BCUT2D eigenvalue weighted by Gasteiger charge is 2.23. The number of halogens is 2. The molecule has 174 valence electrons. The van der Waals surface area contributed by atoms with E-state index >= 15 is 0 Å². The number of hydrogen-bond acceptors (Lipinski definition) is 3. The topological polar surface area (TPSA) is 65.8 Å². The van der Waals surface area contributed by atoms with E-state index in [1.165, 1.54) is 11.0 Å². The van der Waals surface area contributed by atoms with E-state index in [2.05, 4.69) is 5.32 Å². The van der Waals surface area contributed by atoms with Crippen molar-refractivity contribution in [2.75, 3.05) is 18.4 Å². The Balaban J connectivity index is 1.75. The number of carbonyl (C=O) groups is 2. The number of benzene rings is 2. The first kappa shape index (κ1) is 24.0. The zero-order chi connectivity index (χ0) is 23.8. The van der Waals surface area contributed by atoms with Gasteiger partial charge in [-0.1, -0.05) is 44.2 Å². The van der Waals surface area contributed by atoms with Gasteiger partial charge in [-0.15, -0.1) is 0 Å². The molecule has 8 heteroatoms. The van der Waals surface area contributed by atoms with E-state index in [4.69, 9.17) is 4.42 Å². The Kier molecular flexibility index (Phi) is 8.18. The molecule has 0 saturated heterocycles. The SMILES string of the molecule is CC(C)CN(CC(=O)N(Cc1ccccc1)Cc1ccco1)C(=O)Nc1ccc(F)c(F)c1. The molecular formula is C25H27F2N3O3.